The molecule has 0 aliphatic heterocycles. The molecule has 76 valence electrons. The van der Waals surface area contributed by atoms with Crippen LogP contribution in [0.1, 0.15) is 12.5 Å². The first-order chi connectivity index (χ1) is 6.61. The van der Waals surface area contributed by atoms with Gasteiger partial charge in [-0.15, -0.1) is 0 Å². The molecule has 2 N–H and O–H groups in total. The first-order valence-corrected chi connectivity index (χ1v) is 4.56. The Morgan fingerprint density at radius 3 is 2.43 bits per heavy atom. The van der Waals surface area contributed by atoms with Crippen LogP contribution in [0.2, 0.25) is 0 Å². The van der Waals surface area contributed by atoms with Crippen molar-refractivity contribution in [3.8, 4) is 0 Å². The van der Waals surface area contributed by atoms with E-state index in [1.807, 2.05) is 30.3 Å². The Morgan fingerprint density at radius 1 is 1.36 bits per heavy atom. The molecule has 0 fully saturated rings. The van der Waals surface area contributed by atoms with Crippen molar-refractivity contribution in [1.29, 1.82) is 0 Å². The number of aliphatic hydroxyl groups excluding tert-OH is 1. The monoisotopic (exact) mass is 194 g/mol. The highest BCUT2D eigenvalue weighted by atomic mass is 16.4. The highest BCUT2D eigenvalue weighted by Gasteiger charge is 2.21. The van der Waals surface area contributed by atoms with E-state index in [9.17, 15) is 9.90 Å². The molecule has 0 heterocycles. The Bertz CT molecular complexity index is 295. The predicted molar refractivity (Wildman–Crippen MR) is 53.0 cm³/mol. The third-order valence-corrected chi connectivity index (χ3v) is 2.19. The van der Waals surface area contributed by atoms with Crippen LogP contribution in [-0.4, -0.2) is 22.3 Å². The van der Waals surface area contributed by atoms with Crippen LogP contribution in [-0.2, 0) is 11.2 Å². The van der Waals surface area contributed by atoms with E-state index in [2.05, 4.69) is 0 Å². The number of carboxylic acid groups (broad SMARTS) is 1. The second kappa shape index (κ2) is 4.77. The van der Waals surface area contributed by atoms with Crippen LogP contribution in [0.15, 0.2) is 30.3 Å². The summed E-state index contributed by atoms with van der Waals surface area (Å²) in [5, 5.41) is 17.8. The van der Waals surface area contributed by atoms with Crippen molar-refractivity contribution in [3.63, 3.8) is 0 Å². The maximum absolute atomic E-state index is 10.5. The lowest BCUT2D eigenvalue weighted by atomic mass is 9.96. The molecule has 0 aromatic heterocycles. The molecule has 0 amide bonds. The highest BCUT2D eigenvalue weighted by molar-refractivity contribution is 5.72. The Hall–Kier alpha value is -1.35. The second-order valence-electron chi connectivity index (χ2n) is 3.45. The van der Waals surface area contributed by atoms with Crippen LogP contribution in [0.3, 0.4) is 0 Å². The van der Waals surface area contributed by atoms with Crippen molar-refractivity contribution < 1.29 is 15.0 Å². The van der Waals surface area contributed by atoms with Gasteiger partial charge >= 0.3 is 5.97 Å². The summed E-state index contributed by atoms with van der Waals surface area (Å²) >= 11 is 0. The first kappa shape index (κ1) is 10.7. The van der Waals surface area contributed by atoms with Crippen LogP contribution in [0.4, 0.5) is 0 Å². The fraction of sp³-hybridized carbons (Fsp3) is 0.364. The zero-order chi connectivity index (χ0) is 10.6. The number of hydrogen-bond donors (Lipinski definition) is 2. The molecule has 0 aliphatic rings. The van der Waals surface area contributed by atoms with Crippen molar-refractivity contribution in [1.82, 2.24) is 0 Å². The molecule has 0 saturated heterocycles. The minimum Gasteiger partial charge on any atom is -0.479 e. The number of aliphatic hydroxyl groups is 1. The summed E-state index contributed by atoms with van der Waals surface area (Å²) in [5.74, 6) is -1.43. The highest BCUT2D eigenvalue weighted by Crippen LogP contribution is 2.11. The molecule has 1 rings (SSSR count). The molecule has 1 unspecified atom stereocenters. The molecule has 0 spiro atoms. The predicted octanol–water partition coefficient (Wildman–Crippen LogP) is 1.31. The Kier molecular flexibility index (Phi) is 3.65. The minimum atomic E-state index is -1.28. The van der Waals surface area contributed by atoms with E-state index < -0.39 is 12.1 Å². The number of benzene rings is 1. The summed E-state index contributed by atoms with van der Waals surface area (Å²) in [4.78, 5) is 10.5. The molecule has 3 nitrogen and oxygen atoms in total. The molecule has 0 radical (unpaired) electrons. The van der Waals surface area contributed by atoms with Gasteiger partial charge in [0.05, 0.1) is 0 Å². The third-order valence-electron chi connectivity index (χ3n) is 2.19. The lowest BCUT2D eigenvalue weighted by Gasteiger charge is -2.14. The summed E-state index contributed by atoms with van der Waals surface area (Å²) in [6, 6.07) is 9.54. The van der Waals surface area contributed by atoms with Crippen LogP contribution >= 0.6 is 0 Å². The van der Waals surface area contributed by atoms with E-state index in [1.54, 1.807) is 6.92 Å². The number of rotatable bonds is 4. The van der Waals surface area contributed by atoms with Gasteiger partial charge < -0.3 is 10.2 Å². The van der Waals surface area contributed by atoms with Gasteiger partial charge in [-0.1, -0.05) is 37.3 Å². The molecular formula is C11H14O3. The molecule has 0 saturated carbocycles. The Labute approximate surface area is 83.0 Å². The first-order valence-electron chi connectivity index (χ1n) is 4.56. The molecule has 3 heteroatoms. The van der Waals surface area contributed by atoms with E-state index in [0.717, 1.165) is 5.56 Å². The van der Waals surface area contributed by atoms with Crippen molar-refractivity contribution in [2.24, 2.45) is 5.92 Å². The van der Waals surface area contributed by atoms with Crippen molar-refractivity contribution in [2.75, 3.05) is 0 Å². The maximum Gasteiger partial charge on any atom is 0.332 e. The number of hydrogen-bond acceptors (Lipinski definition) is 2. The lowest BCUT2D eigenvalue weighted by Crippen LogP contribution is -2.28. The Morgan fingerprint density at radius 2 is 1.93 bits per heavy atom. The van der Waals surface area contributed by atoms with Crippen molar-refractivity contribution in [2.45, 2.75) is 19.4 Å². The maximum atomic E-state index is 10.5. The van der Waals surface area contributed by atoms with Crippen molar-refractivity contribution >= 4 is 5.97 Å². The molecule has 0 aliphatic carbocycles. The van der Waals surface area contributed by atoms with E-state index in [-0.39, 0.29) is 5.92 Å². The van der Waals surface area contributed by atoms with Gasteiger partial charge in [0.2, 0.25) is 0 Å². The van der Waals surface area contributed by atoms with E-state index in [1.165, 1.54) is 0 Å². The summed E-state index contributed by atoms with van der Waals surface area (Å²) in [6.07, 6.45) is -0.705. The van der Waals surface area contributed by atoms with E-state index >= 15 is 0 Å². The lowest BCUT2D eigenvalue weighted by molar-refractivity contribution is -0.149. The molecule has 1 aromatic rings. The topological polar surface area (TPSA) is 57.5 Å². The van der Waals surface area contributed by atoms with Crippen LogP contribution in [0, 0.1) is 5.92 Å². The molecular weight excluding hydrogens is 180 g/mol. The zero-order valence-corrected chi connectivity index (χ0v) is 8.05. The smallest absolute Gasteiger partial charge is 0.332 e. The largest absolute Gasteiger partial charge is 0.479 e. The fourth-order valence-electron chi connectivity index (χ4n) is 1.34. The number of aliphatic carboxylic acids is 1. The van der Waals surface area contributed by atoms with Crippen LogP contribution in [0.25, 0.3) is 0 Å². The average Bonchev–Trinajstić information content (AvgIpc) is 2.18. The summed E-state index contributed by atoms with van der Waals surface area (Å²) in [5.41, 5.74) is 1.04. The van der Waals surface area contributed by atoms with Gasteiger partial charge in [0.15, 0.2) is 6.10 Å². The minimum absolute atomic E-state index is 0.269. The molecule has 14 heavy (non-hydrogen) atoms. The average molecular weight is 194 g/mol. The van der Waals surface area contributed by atoms with Gasteiger partial charge in [-0.05, 0) is 17.9 Å². The number of carboxylic acids is 1. The van der Waals surface area contributed by atoms with Gasteiger partial charge in [-0.3, -0.25) is 0 Å². The van der Waals surface area contributed by atoms with Crippen LogP contribution in [0.5, 0.6) is 0 Å². The Balaban J connectivity index is 2.57. The number of carbonyl (C=O) groups is 1. The van der Waals surface area contributed by atoms with Gasteiger partial charge in [-0.2, -0.15) is 0 Å². The zero-order valence-electron chi connectivity index (χ0n) is 8.05. The van der Waals surface area contributed by atoms with Gasteiger partial charge in [0, 0.05) is 0 Å². The van der Waals surface area contributed by atoms with Gasteiger partial charge in [-0.25, -0.2) is 4.79 Å². The summed E-state index contributed by atoms with van der Waals surface area (Å²) in [6.45, 7) is 1.73. The summed E-state index contributed by atoms with van der Waals surface area (Å²) in [7, 11) is 0. The normalized spacial score (nSPS) is 14.7. The quantitative estimate of drug-likeness (QED) is 0.759. The van der Waals surface area contributed by atoms with E-state index in [4.69, 9.17) is 5.11 Å². The van der Waals surface area contributed by atoms with Gasteiger partial charge in [0.1, 0.15) is 0 Å². The summed E-state index contributed by atoms with van der Waals surface area (Å²) < 4.78 is 0. The second-order valence-corrected chi connectivity index (χ2v) is 3.45. The molecule has 2 atom stereocenters. The third kappa shape index (κ3) is 2.85. The molecule has 0 bridgehead atoms. The fourth-order valence-corrected chi connectivity index (χ4v) is 1.34. The van der Waals surface area contributed by atoms with Crippen molar-refractivity contribution in [3.05, 3.63) is 35.9 Å². The van der Waals surface area contributed by atoms with E-state index in [0.29, 0.717) is 6.42 Å². The standard InChI is InChI=1S/C11H14O3/c1-8(10(12)11(13)14)7-9-5-3-2-4-6-9/h2-6,8,10,12H,7H2,1H3,(H,13,14)/t8-,10?/m0/s1. The van der Waals surface area contributed by atoms with Crippen LogP contribution < -0.4 is 0 Å². The SMILES string of the molecule is C[C@@H](Cc1ccccc1)C(O)C(=O)O. The van der Waals surface area contributed by atoms with Gasteiger partial charge in [0.25, 0.3) is 0 Å². The molecule has 1 aromatic carbocycles.